The molecule has 0 saturated carbocycles. The Kier molecular flexibility index (Phi) is 4.49. The van der Waals surface area contributed by atoms with Gasteiger partial charge in [0.2, 0.25) is 0 Å². The molecule has 2 rings (SSSR count). The molecule has 2 amide bonds. The molecule has 1 fully saturated rings. The van der Waals surface area contributed by atoms with Crippen molar-refractivity contribution in [1.82, 2.24) is 9.80 Å². The number of benzene rings is 1. The Labute approximate surface area is 125 Å². The van der Waals surface area contributed by atoms with E-state index in [4.69, 9.17) is 5.73 Å². The number of piperazine rings is 1. The summed E-state index contributed by atoms with van der Waals surface area (Å²) in [5.41, 5.74) is 6.80. The molecular formula is C13H16BrN3O3. The lowest BCUT2D eigenvalue weighted by atomic mass is 10.1. The number of nitrogens with two attached hydrogens (primary N) is 1. The van der Waals surface area contributed by atoms with Crippen molar-refractivity contribution in [3.63, 3.8) is 0 Å². The quantitative estimate of drug-likeness (QED) is 0.786. The molecule has 1 heterocycles. The number of hydrogen-bond acceptors (Lipinski definition) is 4. The van der Waals surface area contributed by atoms with Gasteiger partial charge in [0.15, 0.2) is 0 Å². The molecule has 1 aliphatic rings. The second-order valence-electron chi connectivity index (χ2n) is 4.49. The molecule has 7 heteroatoms. The number of anilines is 1. The maximum absolute atomic E-state index is 12.4. The van der Waals surface area contributed by atoms with Crippen LogP contribution in [-0.2, 0) is 4.74 Å². The lowest BCUT2D eigenvalue weighted by Crippen LogP contribution is -2.50. The van der Waals surface area contributed by atoms with E-state index in [1.54, 1.807) is 28.0 Å². The number of amides is 2. The summed E-state index contributed by atoms with van der Waals surface area (Å²) in [6.07, 6.45) is -0.359. The molecule has 20 heavy (non-hydrogen) atoms. The van der Waals surface area contributed by atoms with Gasteiger partial charge in [0.25, 0.3) is 5.91 Å². The standard InChI is InChI=1S/C13H16BrN3O3/c1-20-13(19)17-6-4-16(5-7-17)12(18)10-8-9(15)2-3-11(10)14/h2-3,8H,4-7,15H2,1H3. The molecule has 0 unspecified atom stereocenters. The van der Waals surface area contributed by atoms with Crippen molar-refractivity contribution in [3.8, 4) is 0 Å². The van der Waals surface area contributed by atoms with Crippen LogP contribution in [0.2, 0.25) is 0 Å². The minimum Gasteiger partial charge on any atom is -0.453 e. The second-order valence-corrected chi connectivity index (χ2v) is 5.34. The topological polar surface area (TPSA) is 75.9 Å². The van der Waals surface area contributed by atoms with Gasteiger partial charge in [-0.05, 0) is 34.1 Å². The molecule has 6 nitrogen and oxygen atoms in total. The van der Waals surface area contributed by atoms with Crippen molar-refractivity contribution in [2.24, 2.45) is 0 Å². The predicted octanol–water partition coefficient (Wildman–Crippen LogP) is 1.56. The number of ether oxygens (including phenoxy) is 1. The summed E-state index contributed by atoms with van der Waals surface area (Å²) in [6, 6.07) is 5.14. The minimum absolute atomic E-state index is 0.0892. The van der Waals surface area contributed by atoms with Gasteiger partial charge in [0.05, 0.1) is 12.7 Å². The summed E-state index contributed by atoms with van der Waals surface area (Å²) in [6.45, 7) is 1.90. The van der Waals surface area contributed by atoms with Crippen molar-refractivity contribution in [3.05, 3.63) is 28.2 Å². The second kappa shape index (κ2) is 6.13. The molecule has 108 valence electrons. The van der Waals surface area contributed by atoms with Crippen molar-refractivity contribution in [1.29, 1.82) is 0 Å². The Hall–Kier alpha value is -1.76. The van der Waals surface area contributed by atoms with Crippen LogP contribution in [0.25, 0.3) is 0 Å². The molecule has 0 bridgehead atoms. The van der Waals surface area contributed by atoms with Crippen LogP contribution in [0.5, 0.6) is 0 Å². The number of nitrogens with zero attached hydrogens (tertiary/aromatic N) is 2. The summed E-state index contributed by atoms with van der Waals surface area (Å²) in [5.74, 6) is -0.0892. The first-order chi connectivity index (χ1) is 9.52. The average molecular weight is 342 g/mol. The molecule has 0 radical (unpaired) electrons. The van der Waals surface area contributed by atoms with Crippen molar-refractivity contribution >= 4 is 33.6 Å². The maximum Gasteiger partial charge on any atom is 0.409 e. The molecule has 0 spiro atoms. The van der Waals surface area contributed by atoms with E-state index in [2.05, 4.69) is 20.7 Å². The van der Waals surface area contributed by atoms with E-state index in [0.29, 0.717) is 41.9 Å². The number of carbonyl (C=O) groups excluding carboxylic acids is 2. The van der Waals surface area contributed by atoms with Crippen LogP contribution < -0.4 is 5.73 Å². The van der Waals surface area contributed by atoms with Crippen LogP contribution in [0.15, 0.2) is 22.7 Å². The number of hydrogen-bond donors (Lipinski definition) is 1. The zero-order chi connectivity index (χ0) is 14.7. The fraction of sp³-hybridized carbons (Fsp3) is 0.385. The van der Waals surface area contributed by atoms with Crippen LogP contribution in [0.3, 0.4) is 0 Å². The highest BCUT2D eigenvalue weighted by molar-refractivity contribution is 9.10. The SMILES string of the molecule is COC(=O)N1CCN(C(=O)c2cc(N)ccc2Br)CC1. The third-order valence-corrected chi connectivity index (χ3v) is 3.91. The molecule has 2 N–H and O–H groups in total. The van der Waals surface area contributed by atoms with Crippen LogP contribution in [0.4, 0.5) is 10.5 Å². The van der Waals surface area contributed by atoms with Gasteiger partial charge in [-0.3, -0.25) is 4.79 Å². The molecule has 1 aromatic rings. The van der Waals surface area contributed by atoms with E-state index >= 15 is 0 Å². The summed E-state index contributed by atoms with van der Waals surface area (Å²) in [4.78, 5) is 27.1. The number of carbonyl (C=O) groups is 2. The van der Waals surface area contributed by atoms with E-state index in [1.807, 2.05) is 0 Å². The van der Waals surface area contributed by atoms with Crippen LogP contribution in [0, 0.1) is 0 Å². The third kappa shape index (κ3) is 3.04. The highest BCUT2D eigenvalue weighted by Gasteiger charge is 2.26. The summed E-state index contributed by atoms with van der Waals surface area (Å²) < 4.78 is 5.38. The fourth-order valence-electron chi connectivity index (χ4n) is 2.10. The van der Waals surface area contributed by atoms with Crippen molar-refractivity contribution in [2.45, 2.75) is 0 Å². The minimum atomic E-state index is -0.359. The van der Waals surface area contributed by atoms with Gasteiger partial charge >= 0.3 is 6.09 Å². The zero-order valence-electron chi connectivity index (χ0n) is 11.1. The van der Waals surface area contributed by atoms with Gasteiger partial charge in [-0.1, -0.05) is 0 Å². The Bertz CT molecular complexity index is 528. The molecule has 0 aromatic heterocycles. The van der Waals surface area contributed by atoms with Crippen LogP contribution >= 0.6 is 15.9 Å². The Morgan fingerprint density at radius 2 is 1.80 bits per heavy atom. The van der Waals surface area contributed by atoms with E-state index in [9.17, 15) is 9.59 Å². The van der Waals surface area contributed by atoms with E-state index < -0.39 is 0 Å². The highest BCUT2D eigenvalue weighted by atomic mass is 79.9. The van der Waals surface area contributed by atoms with Gasteiger partial charge in [0.1, 0.15) is 0 Å². The van der Waals surface area contributed by atoms with Crippen LogP contribution in [-0.4, -0.2) is 55.1 Å². The predicted molar refractivity (Wildman–Crippen MR) is 78.4 cm³/mol. The fourth-order valence-corrected chi connectivity index (χ4v) is 2.51. The highest BCUT2D eigenvalue weighted by Crippen LogP contribution is 2.21. The van der Waals surface area contributed by atoms with Crippen molar-refractivity contribution < 1.29 is 14.3 Å². The molecule has 0 atom stereocenters. The van der Waals surface area contributed by atoms with Gasteiger partial charge in [0, 0.05) is 36.3 Å². The van der Waals surface area contributed by atoms with E-state index in [-0.39, 0.29) is 12.0 Å². The lowest BCUT2D eigenvalue weighted by molar-refractivity contribution is 0.0599. The largest absolute Gasteiger partial charge is 0.453 e. The number of rotatable bonds is 1. The van der Waals surface area contributed by atoms with Crippen molar-refractivity contribution in [2.75, 3.05) is 39.0 Å². The lowest BCUT2D eigenvalue weighted by Gasteiger charge is -2.34. The molecular weight excluding hydrogens is 326 g/mol. The van der Waals surface area contributed by atoms with Gasteiger partial charge < -0.3 is 20.3 Å². The number of halogens is 1. The Morgan fingerprint density at radius 1 is 1.20 bits per heavy atom. The van der Waals surface area contributed by atoms with E-state index in [0.717, 1.165) is 0 Å². The summed E-state index contributed by atoms with van der Waals surface area (Å²) >= 11 is 3.36. The van der Waals surface area contributed by atoms with Gasteiger partial charge in [-0.25, -0.2) is 4.79 Å². The van der Waals surface area contributed by atoms with E-state index in [1.165, 1.54) is 7.11 Å². The first-order valence-corrected chi connectivity index (χ1v) is 6.99. The summed E-state index contributed by atoms with van der Waals surface area (Å²) in [7, 11) is 1.35. The summed E-state index contributed by atoms with van der Waals surface area (Å²) in [5, 5.41) is 0. The first kappa shape index (κ1) is 14.6. The molecule has 1 saturated heterocycles. The smallest absolute Gasteiger partial charge is 0.409 e. The zero-order valence-corrected chi connectivity index (χ0v) is 12.7. The average Bonchev–Trinajstić information content (AvgIpc) is 2.48. The van der Waals surface area contributed by atoms with Gasteiger partial charge in [-0.15, -0.1) is 0 Å². The Morgan fingerprint density at radius 3 is 2.40 bits per heavy atom. The number of nitrogen functional groups attached to an aromatic ring is 1. The molecule has 1 aliphatic heterocycles. The van der Waals surface area contributed by atoms with Gasteiger partial charge in [-0.2, -0.15) is 0 Å². The molecule has 0 aliphatic carbocycles. The van der Waals surface area contributed by atoms with Crippen LogP contribution in [0.1, 0.15) is 10.4 Å². The third-order valence-electron chi connectivity index (χ3n) is 3.22. The first-order valence-electron chi connectivity index (χ1n) is 6.20. The number of methoxy groups -OCH3 is 1. The monoisotopic (exact) mass is 341 g/mol. The molecule has 1 aromatic carbocycles. The maximum atomic E-state index is 12.4. The Balaban J connectivity index is 2.05. The normalized spacial score (nSPS) is 15.1.